The second-order valence-electron chi connectivity index (χ2n) is 11.1. The summed E-state index contributed by atoms with van der Waals surface area (Å²) in [6.45, 7) is -0.192. The summed E-state index contributed by atoms with van der Waals surface area (Å²) in [5.41, 5.74) is -1.72. The van der Waals surface area contributed by atoms with E-state index in [-0.39, 0.29) is 52.4 Å². The molecule has 1 aliphatic carbocycles. The van der Waals surface area contributed by atoms with Gasteiger partial charge in [-0.1, -0.05) is 17.4 Å². The van der Waals surface area contributed by atoms with Crippen LogP contribution in [-0.4, -0.2) is 82.9 Å². The number of nitrogens with one attached hydrogen (secondary N) is 2. The smallest absolute Gasteiger partial charge is 0.278 e. The third-order valence-corrected chi connectivity index (χ3v) is 9.58. The molecule has 16 heteroatoms. The number of aromatic hydroxyl groups is 1. The first-order chi connectivity index (χ1) is 21.9. The molecule has 0 atom stereocenters. The zero-order chi connectivity index (χ0) is 33.3. The highest BCUT2D eigenvalue weighted by atomic mass is 32.1. The fourth-order valence-corrected chi connectivity index (χ4v) is 6.82. The highest BCUT2D eigenvalue weighted by Gasteiger charge is 2.50. The molecule has 13 nitrogen and oxygen atoms in total. The average molecular weight is 658 g/mol. The predicted octanol–water partition coefficient (Wildman–Crippen LogP) is 1.87. The number of ether oxygens (including phenoxy) is 1. The zero-order valence-electron chi connectivity index (χ0n) is 25.6. The van der Waals surface area contributed by atoms with Crippen LogP contribution in [0.5, 0.6) is 5.75 Å². The van der Waals surface area contributed by atoms with E-state index in [1.54, 1.807) is 26.2 Å². The highest BCUT2D eigenvalue weighted by Crippen LogP contribution is 2.42. The molecule has 1 saturated carbocycles. The summed E-state index contributed by atoms with van der Waals surface area (Å²) < 4.78 is 34.0. The van der Waals surface area contributed by atoms with Crippen LogP contribution < -0.4 is 21.1 Å². The number of nitrogens with zero attached hydrogens (tertiary/aromatic N) is 5. The van der Waals surface area contributed by atoms with E-state index in [2.05, 4.69) is 20.8 Å². The number of methoxy groups -OCH3 is 1. The molecule has 1 fully saturated rings. The van der Waals surface area contributed by atoms with Gasteiger partial charge in [0, 0.05) is 51.8 Å². The summed E-state index contributed by atoms with van der Waals surface area (Å²) in [5, 5.41) is 26.8. The second kappa shape index (κ2) is 12.9. The number of rotatable bonds is 9. The Balaban J connectivity index is 1.36. The lowest BCUT2D eigenvalue weighted by molar-refractivity contribution is -0.128. The molecule has 0 unspecified atom stereocenters. The minimum Gasteiger partial charge on any atom is -0.502 e. The lowest BCUT2D eigenvalue weighted by Crippen LogP contribution is -2.69. The Hall–Kier alpha value is -4.86. The van der Waals surface area contributed by atoms with Gasteiger partial charge in [0.15, 0.2) is 28.1 Å². The van der Waals surface area contributed by atoms with E-state index in [1.165, 1.54) is 35.0 Å². The third-order valence-electron chi connectivity index (χ3n) is 8.63. The van der Waals surface area contributed by atoms with E-state index in [0.717, 1.165) is 23.5 Å². The summed E-state index contributed by atoms with van der Waals surface area (Å²) in [6.07, 6.45) is 4.28. The van der Waals surface area contributed by atoms with Crippen molar-refractivity contribution in [2.24, 2.45) is 5.92 Å². The molecular weight excluding hydrogens is 624 g/mol. The Kier molecular flexibility index (Phi) is 9.10. The number of carbonyl (C=O) groups is 3. The number of halogens is 2. The molecule has 0 bridgehead atoms. The second-order valence-corrected chi connectivity index (χ2v) is 12.2. The van der Waals surface area contributed by atoms with Gasteiger partial charge in [0.25, 0.3) is 5.91 Å². The Labute approximate surface area is 266 Å². The molecule has 1 spiro atoms. The van der Waals surface area contributed by atoms with Gasteiger partial charge in [-0.15, -0.1) is 10.2 Å². The van der Waals surface area contributed by atoms with Crippen LogP contribution in [0.1, 0.15) is 46.7 Å². The molecular formula is C30H33F2N7O6S. The van der Waals surface area contributed by atoms with Gasteiger partial charge in [0.1, 0.15) is 22.3 Å². The van der Waals surface area contributed by atoms with Crippen molar-refractivity contribution in [1.29, 1.82) is 0 Å². The van der Waals surface area contributed by atoms with Gasteiger partial charge in [-0.05, 0) is 37.3 Å². The van der Waals surface area contributed by atoms with Crippen molar-refractivity contribution in [1.82, 2.24) is 30.4 Å². The summed E-state index contributed by atoms with van der Waals surface area (Å²) in [7, 11) is 6.34. The van der Waals surface area contributed by atoms with Crippen LogP contribution in [0.3, 0.4) is 0 Å². The molecule has 2 aliphatic rings. The van der Waals surface area contributed by atoms with Crippen LogP contribution in [0.4, 0.5) is 8.78 Å². The van der Waals surface area contributed by atoms with E-state index in [9.17, 15) is 33.1 Å². The van der Waals surface area contributed by atoms with E-state index in [1.807, 2.05) is 0 Å². The van der Waals surface area contributed by atoms with Crippen molar-refractivity contribution >= 4 is 28.9 Å². The maximum Gasteiger partial charge on any atom is 0.278 e. The molecule has 46 heavy (non-hydrogen) atoms. The minimum absolute atomic E-state index is 0.00869. The fraction of sp³-hybridized carbons (Fsp3) is 0.400. The molecule has 5 rings (SSSR count). The first-order valence-electron chi connectivity index (χ1n) is 14.4. The largest absolute Gasteiger partial charge is 0.502 e. The van der Waals surface area contributed by atoms with E-state index in [0.29, 0.717) is 30.7 Å². The number of ketones is 1. The standard InChI is InChI=1S/C30H33F2N7O6S/c1-33-22(45-4)13-19(40)14-34-27(43)16-7-9-30(10-8-16)37(2)29(44)24-26(42)25(41)20(15-39(24)38(30)3)28-36-35-23(46-28)11-17-5-6-18(31)12-21(17)32/h5-6,12-13,15-16,33,42H,7-11,14H2,1-4H3,(H,34,43). The molecule has 1 aromatic carbocycles. The van der Waals surface area contributed by atoms with Gasteiger partial charge in [-0.25, -0.2) is 8.78 Å². The molecule has 0 saturated heterocycles. The Morgan fingerprint density at radius 1 is 1.20 bits per heavy atom. The summed E-state index contributed by atoms with van der Waals surface area (Å²) >= 11 is 1.01. The Morgan fingerprint density at radius 2 is 1.91 bits per heavy atom. The monoisotopic (exact) mass is 657 g/mol. The molecule has 2 amide bonds. The molecule has 244 valence electrons. The number of pyridine rings is 1. The summed E-state index contributed by atoms with van der Waals surface area (Å²) in [5.74, 6) is -3.49. The normalized spacial score (nSPS) is 19.7. The van der Waals surface area contributed by atoms with Crippen LogP contribution in [-0.2, 0) is 20.7 Å². The maximum absolute atomic E-state index is 14.2. The van der Waals surface area contributed by atoms with Crippen LogP contribution in [0, 0.1) is 17.6 Å². The first kappa shape index (κ1) is 32.5. The van der Waals surface area contributed by atoms with E-state index < -0.39 is 40.3 Å². The molecule has 3 heterocycles. The Morgan fingerprint density at radius 3 is 2.57 bits per heavy atom. The SMILES string of the molecule is CNC(=CC(=O)CNC(=O)C1CCC2(CC1)N(C)C(=O)c1c(O)c(=O)c(-c3nnc(Cc4ccc(F)cc4F)s3)cn1N2C)OC. The highest BCUT2D eigenvalue weighted by molar-refractivity contribution is 7.14. The van der Waals surface area contributed by atoms with Crippen molar-refractivity contribution in [3.8, 4) is 16.3 Å². The third kappa shape index (κ3) is 5.91. The van der Waals surface area contributed by atoms with E-state index in [4.69, 9.17) is 4.74 Å². The van der Waals surface area contributed by atoms with Crippen LogP contribution in [0.15, 0.2) is 41.1 Å². The quantitative estimate of drug-likeness (QED) is 0.229. The number of aromatic nitrogens is 3. The lowest BCUT2D eigenvalue weighted by Gasteiger charge is -2.55. The van der Waals surface area contributed by atoms with Gasteiger partial charge in [0.2, 0.25) is 11.3 Å². The molecule has 3 N–H and O–H groups in total. The Bertz CT molecular complexity index is 1780. The number of fused-ring (bicyclic) bond motifs is 1. The van der Waals surface area contributed by atoms with Crippen molar-refractivity contribution < 1.29 is 33.0 Å². The van der Waals surface area contributed by atoms with Crippen molar-refractivity contribution in [3.63, 3.8) is 0 Å². The van der Waals surface area contributed by atoms with Gasteiger partial charge in [-0.3, -0.25) is 28.9 Å². The number of hydrogen-bond acceptors (Lipinski definition) is 11. The number of amides is 2. The zero-order valence-corrected chi connectivity index (χ0v) is 26.4. The van der Waals surface area contributed by atoms with Gasteiger partial charge >= 0.3 is 0 Å². The van der Waals surface area contributed by atoms with Crippen molar-refractivity contribution in [2.45, 2.75) is 37.8 Å². The van der Waals surface area contributed by atoms with E-state index >= 15 is 0 Å². The number of hydrogen-bond donors (Lipinski definition) is 3. The average Bonchev–Trinajstić information content (AvgIpc) is 3.51. The molecule has 3 aromatic rings. The molecule has 0 radical (unpaired) electrons. The molecule has 1 aliphatic heterocycles. The van der Waals surface area contributed by atoms with Gasteiger partial charge < -0.3 is 25.4 Å². The van der Waals surface area contributed by atoms with Crippen LogP contribution >= 0.6 is 11.3 Å². The van der Waals surface area contributed by atoms with Crippen molar-refractivity contribution in [2.75, 3.05) is 39.8 Å². The lowest BCUT2D eigenvalue weighted by atomic mass is 9.79. The van der Waals surface area contributed by atoms with Crippen LogP contribution in [0.2, 0.25) is 0 Å². The summed E-state index contributed by atoms with van der Waals surface area (Å²) in [4.78, 5) is 53.4. The molecule has 2 aromatic heterocycles. The minimum atomic E-state index is -0.884. The number of carbonyl (C=O) groups excluding carboxylic acids is 3. The fourth-order valence-electron chi connectivity index (χ4n) is 5.95. The predicted molar refractivity (Wildman–Crippen MR) is 164 cm³/mol. The first-order valence-corrected chi connectivity index (χ1v) is 15.2. The van der Waals surface area contributed by atoms with Gasteiger partial charge in [-0.2, -0.15) is 0 Å². The number of benzene rings is 1. The maximum atomic E-state index is 14.2. The summed E-state index contributed by atoms with van der Waals surface area (Å²) in [6, 6.07) is 3.21. The topological polar surface area (TPSA) is 159 Å². The van der Waals surface area contributed by atoms with Crippen molar-refractivity contribution in [3.05, 3.63) is 74.5 Å². The van der Waals surface area contributed by atoms with Crippen LogP contribution in [0.25, 0.3) is 10.6 Å². The van der Waals surface area contributed by atoms with Gasteiger partial charge in [0.05, 0.1) is 19.2 Å².